The molecule has 16 heavy (non-hydrogen) atoms. The molecule has 0 aliphatic carbocycles. The summed E-state index contributed by atoms with van der Waals surface area (Å²) in [6.45, 7) is 18.3. The lowest BCUT2D eigenvalue weighted by molar-refractivity contribution is 0.170. The van der Waals surface area contributed by atoms with Gasteiger partial charge in [0.05, 0.1) is 0 Å². The minimum Gasteiger partial charge on any atom is -0.316 e. The van der Waals surface area contributed by atoms with Crippen molar-refractivity contribution < 1.29 is 0 Å². The van der Waals surface area contributed by atoms with E-state index in [9.17, 15) is 0 Å². The van der Waals surface area contributed by atoms with Crippen LogP contribution < -0.4 is 5.32 Å². The molecule has 0 fully saturated rings. The Bertz CT molecular complexity index is 201. The highest BCUT2D eigenvalue weighted by Gasteiger charge is 2.32. The molecule has 0 unspecified atom stereocenters. The summed E-state index contributed by atoms with van der Waals surface area (Å²) in [5, 5.41) is 3.46. The second kappa shape index (κ2) is 5.86. The molecule has 0 rings (SSSR count). The quantitative estimate of drug-likeness (QED) is 0.676. The summed E-state index contributed by atoms with van der Waals surface area (Å²) in [4.78, 5) is 0. The van der Waals surface area contributed by atoms with Gasteiger partial charge in [0, 0.05) is 10.9 Å². The van der Waals surface area contributed by atoms with Crippen LogP contribution in [-0.2, 0) is 0 Å². The number of nitrogens with one attached hydrogen (secondary N) is 1. The van der Waals surface area contributed by atoms with Crippen LogP contribution in [0, 0.1) is 10.8 Å². The number of halogens is 1. The van der Waals surface area contributed by atoms with Crippen LogP contribution in [0.1, 0.15) is 61.3 Å². The summed E-state index contributed by atoms with van der Waals surface area (Å²) in [5.74, 6) is 0. The van der Waals surface area contributed by atoms with Gasteiger partial charge in [0.25, 0.3) is 0 Å². The minimum absolute atomic E-state index is 0.241. The molecule has 0 radical (unpaired) electrons. The van der Waals surface area contributed by atoms with Gasteiger partial charge in [0.15, 0.2) is 0 Å². The molecule has 0 saturated carbocycles. The van der Waals surface area contributed by atoms with E-state index < -0.39 is 0 Å². The maximum atomic E-state index is 3.76. The minimum atomic E-state index is 0.241. The molecule has 0 spiro atoms. The maximum absolute atomic E-state index is 3.76. The zero-order chi connectivity index (χ0) is 13.0. The van der Waals surface area contributed by atoms with E-state index in [1.54, 1.807) is 0 Å². The Hall–Kier alpha value is 0.440. The normalized spacial score (nSPS) is 14.2. The third-order valence-electron chi connectivity index (χ3n) is 2.71. The molecule has 0 aromatic carbocycles. The molecule has 0 heterocycles. The molecule has 2 heteroatoms. The summed E-state index contributed by atoms with van der Waals surface area (Å²) in [7, 11) is 0. The summed E-state index contributed by atoms with van der Waals surface area (Å²) in [6, 6.07) is 0. The van der Waals surface area contributed by atoms with E-state index in [0.29, 0.717) is 10.8 Å². The topological polar surface area (TPSA) is 12.0 Å². The molecule has 0 amide bonds. The predicted molar refractivity (Wildman–Crippen MR) is 78.3 cm³/mol. The number of hydrogen-bond donors (Lipinski definition) is 1. The first-order chi connectivity index (χ1) is 6.97. The SMILES string of the molecule is CCNCC(C)(C)CC(C)(C)CC(C)(C)Br. The van der Waals surface area contributed by atoms with E-state index in [0.717, 1.165) is 13.1 Å². The van der Waals surface area contributed by atoms with Gasteiger partial charge in [-0.3, -0.25) is 0 Å². The standard InChI is InChI=1S/C14H30BrN/c1-8-16-11-13(4,5)9-12(2,3)10-14(6,7)15/h16H,8-11H2,1-7H3. The van der Waals surface area contributed by atoms with Crippen LogP contribution in [0.4, 0.5) is 0 Å². The molecule has 1 nitrogen and oxygen atoms in total. The van der Waals surface area contributed by atoms with Gasteiger partial charge in [-0.05, 0) is 30.2 Å². The summed E-state index contributed by atoms with van der Waals surface area (Å²) < 4.78 is 0.241. The van der Waals surface area contributed by atoms with Crippen molar-refractivity contribution in [3.05, 3.63) is 0 Å². The van der Waals surface area contributed by atoms with Crippen LogP contribution >= 0.6 is 15.9 Å². The summed E-state index contributed by atoms with van der Waals surface area (Å²) in [5.41, 5.74) is 0.754. The molecule has 0 aliphatic rings. The van der Waals surface area contributed by atoms with Crippen LogP contribution in [-0.4, -0.2) is 17.4 Å². The Balaban J connectivity index is 4.33. The fraction of sp³-hybridized carbons (Fsp3) is 1.00. The molecule has 0 aromatic heterocycles. The van der Waals surface area contributed by atoms with Gasteiger partial charge in [-0.1, -0.05) is 64.4 Å². The molecular weight excluding hydrogens is 262 g/mol. The number of hydrogen-bond acceptors (Lipinski definition) is 1. The van der Waals surface area contributed by atoms with E-state index in [-0.39, 0.29) is 4.32 Å². The molecule has 0 aliphatic heterocycles. The first-order valence-corrected chi connectivity index (χ1v) is 7.16. The van der Waals surface area contributed by atoms with E-state index in [1.807, 2.05) is 0 Å². The zero-order valence-corrected chi connectivity index (χ0v) is 13.8. The highest BCUT2D eigenvalue weighted by atomic mass is 79.9. The number of alkyl halides is 1. The molecule has 0 bridgehead atoms. The lowest BCUT2D eigenvalue weighted by Crippen LogP contribution is -2.35. The maximum Gasteiger partial charge on any atom is 0.0206 e. The second-order valence-corrected chi connectivity index (χ2v) is 9.33. The van der Waals surface area contributed by atoms with E-state index in [4.69, 9.17) is 0 Å². The number of rotatable bonds is 7. The van der Waals surface area contributed by atoms with Gasteiger partial charge in [0.1, 0.15) is 0 Å². The largest absolute Gasteiger partial charge is 0.316 e. The van der Waals surface area contributed by atoms with Gasteiger partial charge < -0.3 is 5.32 Å². The predicted octanol–water partition coefficient (Wildman–Crippen LogP) is 4.60. The first kappa shape index (κ1) is 16.4. The van der Waals surface area contributed by atoms with Crippen LogP contribution in [0.25, 0.3) is 0 Å². The molecule has 0 saturated heterocycles. The van der Waals surface area contributed by atoms with Crippen molar-refractivity contribution in [1.29, 1.82) is 0 Å². The van der Waals surface area contributed by atoms with Crippen molar-refractivity contribution in [2.24, 2.45) is 10.8 Å². The lowest BCUT2D eigenvalue weighted by Gasteiger charge is -2.38. The average Bonchev–Trinajstić information content (AvgIpc) is 1.93. The smallest absolute Gasteiger partial charge is 0.0206 e. The lowest BCUT2D eigenvalue weighted by atomic mass is 9.71. The van der Waals surface area contributed by atoms with Crippen molar-refractivity contribution in [1.82, 2.24) is 5.32 Å². The Kier molecular flexibility index (Phi) is 6.02. The van der Waals surface area contributed by atoms with Crippen molar-refractivity contribution in [3.63, 3.8) is 0 Å². The van der Waals surface area contributed by atoms with E-state index in [1.165, 1.54) is 12.8 Å². The van der Waals surface area contributed by atoms with Crippen LogP contribution in [0.3, 0.4) is 0 Å². The fourth-order valence-electron chi connectivity index (χ4n) is 3.02. The molecule has 0 aromatic rings. The highest BCUT2D eigenvalue weighted by molar-refractivity contribution is 9.10. The van der Waals surface area contributed by atoms with Gasteiger partial charge in [-0.15, -0.1) is 0 Å². The Morgan fingerprint density at radius 3 is 1.75 bits per heavy atom. The van der Waals surface area contributed by atoms with Crippen molar-refractivity contribution in [2.75, 3.05) is 13.1 Å². The third-order valence-corrected chi connectivity index (χ3v) is 2.99. The van der Waals surface area contributed by atoms with E-state index >= 15 is 0 Å². The van der Waals surface area contributed by atoms with Crippen LogP contribution in [0.2, 0.25) is 0 Å². The van der Waals surface area contributed by atoms with Gasteiger partial charge in [0.2, 0.25) is 0 Å². The molecular formula is C14H30BrN. The fourth-order valence-corrected chi connectivity index (χ4v) is 3.78. The highest BCUT2D eigenvalue weighted by Crippen LogP contribution is 2.41. The van der Waals surface area contributed by atoms with Crippen LogP contribution in [0.15, 0.2) is 0 Å². The van der Waals surface area contributed by atoms with Gasteiger partial charge in [-0.2, -0.15) is 0 Å². The van der Waals surface area contributed by atoms with Crippen molar-refractivity contribution >= 4 is 15.9 Å². The van der Waals surface area contributed by atoms with Gasteiger partial charge in [-0.25, -0.2) is 0 Å². The van der Waals surface area contributed by atoms with Crippen molar-refractivity contribution in [2.45, 2.75) is 65.6 Å². The molecule has 0 atom stereocenters. The summed E-state index contributed by atoms with van der Waals surface area (Å²) >= 11 is 3.76. The Labute approximate surface area is 111 Å². The Morgan fingerprint density at radius 1 is 0.875 bits per heavy atom. The average molecular weight is 292 g/mol. The summed E-state index contributed by atoms with van der Waals surface area (Å²) in [6.07, 6.45) is 2.46. The monoisotopic (exact) mass is 291 g/mol. The molecule has 1 N–H and O–H groups in total. The first-order valence-electron chi connectivity index (χ1n) is 6.37. The van der Waals surface area contributed by atoms with Crippen molar-refractivity contribution in [3.8, 4) is 0 Å². The van der Waals surface area contributed by atoms with Gasteiger partial charge >= 0.3 is 0 Å². The van der Waals surface area contributed by atoms with E-state index in [2.05, 4.69) is 69.7 Å². The van der Waals surface area contributed by atoms with Crippen LogP contribution in [0.5, 0.6) is 0 Å². The second-order valence-electron chi connectivity index (χ2n) is 7.18. The zero-order valence-electron chi connectivity index (χ0n) is 12.2. The third kappa shape index (κ3) is 8.58. The Morgan fingerprint density at radius 2 is 1.38 bits per heavy atom. The molecule has 98 valence electrons.